The lowest BCUT2D eigenvalue weighted by Crippen LogP contribution is -2.33. The molecule has 0 saturated carbocycles. The minimum atomic E-state index is -0.0915. The van der Waals surface area contributed by atoms with E-state index in [4.69, 9.17) is 4.74 Å². The Morgan fingerprint density at radius 3 is 2.95 bits per heavy atom. The highest BCUT2D eigenvalue weighted by Crippen LogP contribution is 2.06. The van der Waals surface area contributed by atoms with Crippen molar-refractivity contribution in [3.05, 3.63) is 40.4 Å². The van der Waals surface area contributed by atoms with Crippen LogP contribution in [-0.2, 0) is 11.3 Å². The average molecular weight is 275 g/mol. The van der Waals surface area contributed by atoms with E-state index < -0.39 is 0 Å². The Labute approximate surface area is 118 Å². The quantitative estimate of drug-likeness (QED) is 0.809. The predicted octanol–water partition coefficient (Wildman–Crippen LogP) is 1.83. The number of rotatable bonds is 7. The van der Waals surface area contributed by atoms with Crippen LogP contribution >= 0.6 is 0 Å². The Morgan fingerprint density at radius 1 is 1.40 bits per heavy atom. The largest absolute Gasteiger partial charge is 0.383 e. The van der Waals surface area contributed by atoms with Gasteiger partial charge in [-0.25, -0.2) is 4.98 Å². The third-order valence-electron chi connectivity index (χ3n) is 3.23. The molecule has 1 unspecified atom stereocenters. The van der Waals surface area contributed by atoms with Gasteiger partial charge in [0.25, 0.3) is 5.56 Å². The summed E-state index contributed by atoms with van der Waals surface area (Å²) in [6, 6.07) is 7.64. The number of benzene rings is 1. The van der Waals surface area contributed by atoms with E-state index in [1.54, 1.807) is 13.2 Å². The van der Waals surface area contributed by atoms with E-state index in [1.807, 2.05) is 18.2 Å². The third kappa shape index (κ3) is 3.65. The highest BCUT2D eigenvalue weighted by atomic mass is 16.5. The number of nitrogens with one attached hydrogen (secondary N) is 2. The SMILES string of the molecule is CCCC(COC)NCc1nc2ccccc2c(=O)[nH]1. The van der Waals surface area contributed by atoms with Crippen molar-refractivity contribution >= 4 is 10.9 Å². The number of hydrogen-bond acceptors (Lipinski definition) is 4. The van der Waals surface area contributed by atoms with Gasteiger partial charge in [0.15, 0.2) is 0 Å². The zero-order valence-electron chi connectivity index (χ0n) is 12.0. The summed E-state index contributed by atoms with van der Waals surface area (Å²) in [5.41, 5.74) is 0.637. The van der Waals surface area contributed by atoms with Gasteiger partial charge in [-0.2, -0.15) is 0 Å². The van der Waals surface area contributed by atoms with E-state index in [0.29, 0.717) is 24.4 Å². The van der Waals surface area contributed by atoms with Crippen LogP contribution in [0.1, 0.15) is 25.6 Å². The molecule has 0 aliphatic carbocycles. The van der Waals surface area contributed by atoms with Gasteiger partial charge in [0.1, 0.15) is 5.82 Å². The Kier molecular flexibility index (Phi) is 5.26. The fourth-order valence-corrected chi connectivity index (χ4v) is 2.25. The molecule has 0 spiro atoms. The monoisotopic (exact) mass is 275 g/mol. The Bertz CT molecular complexity index is 603. The maximum absolute atomic E-state index is 11.9. The van der Waals surface area contributed by atoms with E-state index in [-0.39, 0.29) is 11.6 Å². The topological polar surface area (TPSA) is 67.0 Å². The number of nitrogens with zero attached hydrogens (tertiary/aromatic N) is 1. The zero-order chi connectivity index (χ0) is 14.4. The molecule has 2 rings (SSSR count). The van der Waals surface area contributed by atoms with E-state index in [1.165, 1.54) is 0 Å². The van der Waals surface area contributed by atoms with Crippen LogP contribution in [0.3, 0.4) is 0 Å². The lowest BCUT2D eigenvalue weighted by molar-refractivity contribution is 0.161. The molecule has 1 aromatic carbocycles. The average Bonchev–Trinajstić information content (AvgIpc) is 2.45. The van der Waals surface area contributed by atoms with Crippen molar-refractivity contribution in [3.8, 4) is 0 Å². The summed E-state index contributed by atoms with van der Waals surface area (Å²) in [5, 5.41) is 4.00. The first-order valence-corrected chi connectivity index (χ1v) is 6.94. The highest BCUT2D eigenvalue weighted by molar-refractivity contribution is 5.77. The molecule has 0 aliphatic rings. The fourth-order valence-electron chi connectivity index (χ4n) is 2.25. The molecule has 5 heteroatoms. The van der Waals surface area contributed by atoms with Crippen LogP contribution in [0, 0.1) is 0 Å². The van der Waals surface area contributed by atoms with Gasteiger partial charge in [0, 0.05) is 13.2 Å². The normalized spacial score (nSPS) is 12.7. The first-order chi connectivity index (χ1) is 9.74. The van der Waals surface area contributed by atoms with Crippen LogP contribution in [0.25, 0.3) is 10.9 Å². The number of hydrogen-bond donors (Lipinski definition) is 2. The Morgan fingerprint density at radius 2 is 2.20 bits per heavy atom. The molecule has 1 atom stereocenters. The van der Waals surface area contributed by atoms with E-state index in [9.17, 15) is 4.79 Å². The van der Waals surface area contributed by atoms with Gasteiger partial charge >= 0.3 is 0 Å². The third-order valence-corrected chi connectivity index (χ3v) is 3.23. The Hall–Kier alpha value is -1.72. The Balaban J connectivity index is 2.11. The summed E-state index contributed by atoms with van der Waals surface area (Å²) in [5.74, 6) is 0.658. The van der Waals surface area contributed by atoms with Crippen LogP contribution in [0.5, 0.6) is 0 Å². The smallest absolute Gasteiger partial charge is 0.258 e. The van der Waals surface area contributed by atoms with Gasteiger partial charge in [-0.3, -0.25) is 4.79 Å². The van der Waals surface area contributed by atoms with Gasteiger partial charge in [0.05, 0.1) is 24.1 Å². The molecule has 2 N–H and O–H groups in total. The maximum Gasteiger partial charge on any atom is 0.258 e. The number of methoxy groups -OCH3 is 1. The summed E-state index contributed by atoms with van der Waals surface area (Å²) in [6.07, 6.45) is 2.12. The molecular weight excluding hydrogens is 254 g/mol. The molecule has 0 amide bonds. The van der Waals surface area contributed by atoms with Gasteiger partial charge in [-0.05, 0) is 18.6 Å². The number of fused-ring (bicyclic) bond motifs is 1. The molecule has 0 radical (unpaired) electrons. The molecule has 0 saturated heterocycles. The number of para-hydroxylation sites is 1. The van der Waals surface area contributed by atoms with E-state index in [2.05, 4.69) is 22.2 Å². The summed E-state index contributed by atoms with van der Waals surface area (Å²) >= 11 is 0. The van der Waals surface area contributed by atoms with Crippen molar-refractivity contribution in [1.29, 1.82) is 0 Å². The molecule has 0 fully saturated rings. The number of aromatic amines is 1. The maximum atomic E-state index is 11.9. The first-order valence-electron chi connectivity index (χ1n) is 6.94. The van der Waals surface area contributed by atoms with Crippen molar-refractivity contribution in [1.82, 2.24) is 15.3 Å². The molecule has 0 aliphatic heterocycles. The second-order valence-electron chi connectivity index (χ2n) is 4.85. The fraction of sp³-hybridized carbons (Fsp3) is 0.467. The minimum Gasteiger partial charge on any atom is -0.383 e. The molecule has 0 bridgehead atoms. The molecule has 5 nitrogen and oxygen atoms in total. The van der Waals surface area contributed by atoms with Crippen LogP contribution in [0.2, 0.25) is 0 Å². The van der Waals surface area contributed by atoms with Crippen molar-refractivity contribution in [2.45, 2.75) is 32.4 Å². The van der Waals surface area contributed by atoms with Crippen LogP contribution in [0.15, 0.2) is 29.1 Å². The van der Waals surface area contributed by atoms with Crippen molar-refractivity contribution in [2.24, 2.45) is 0 Å². The van der Waals surface area contributed by atoms with Crippen molar-refractivity contribution in [3.63, 3.8) is 0 Å². The van der Waals surface area contributed by atoms with Gasteiger partial charge in [-0.1, -0.05) is 25.5 Å². The molecule has 108 valence electrons. The molecular formula is C15H21N3O2. The van der Waals surface area contributed by atoms with E-state index in [0.717, 1.165) is 18.4 Å². The highest BCUT2D eigenvalue weighted by Gasteiger charge is 2.08. The summed E-state index contributed by atoms with van der Waals surface area (Å²) in [6.45, 7) is 3.33. The molecule has 1 heterocycles. The van der Waals surface area contributed by atoms with Crippen LogP contribution < -0.4 is 10.9 Å². The van der Waals surface area contributed by atoms with Crippen molar-refractivity contribution in [2.75, 3.05) is 13.7 Å². The number of ether oxygens (including phenoxy) is 1. The standard InChI is InChI=1S/C15H21N3O2/c1-3-6-11(10-20-2)16-9-14-17-13-8-5-4-7-12(13)15(19)18-14/h4-5,7-8,11,16H,3,6,9-10H2,1-2H3,(H,17,18,19). The van der Waals surface area contributed by atoms with Gasteiger partial charge < -0.3 is 15.0 Å². The van der Waals surface area contributed by atoms with Crippen LogP contribution in [0.4, 0.5) is 0 Å². The zero-order valence-corrected chi connectivity index (χ0v) is 12.0. The molecule has 1 aromatic heterocycles. The predicted molar refractivity (Wildman–Crippen MR) is 79.8 cm³/mol. The van der Waals surface area contributed by atoms with E-state index >= 15 is 0 Å². The van der Waals surface area contributed by atoms with Gasteiger partial charge in [-0.15, -0.1) is 0 Å². The number of H-pyrrole nitrogens is 1. The first kappa shape index (κ1) is 14.7. The molecule has 2 aromatic rings. The second-order valence-corrected chi connectivity index (χ2v) is 4.85. The second kappa shape index (κ2) is 7.17. The number of aromatic nitrogens is 2. The molecule has 20 heavy (non-hydrogen) atoms. The summed E-state index contributed by atoms with van der Waals surface area (Å²) in [4.78, 5) is 19.2. The van der Waals surface area contributed by atoms with Crippen LogP contribution in [-0.4, -0.2) is 29.7 Å². The minimum absolute atomic E-state index is 0.0915. The summed E-state index contributed by atoms with van der Waals surface area (Å²) in [7, 11) is 1.69. The van der Waals surface area contributed by atoms with Crippen molar-refractivity contribution < 1.29 is 4.74 Å². The summed E-state index contributed by atoms with van der Waals surface area (Å²) < 4.78 is 5.18. The lowest BCUT2D eigenvalue weighted by atomic mass is 10.2. The lowest BCUT2D eigenvalue weighted by Gasteiger charge is -2.16. The van der Waals surface area contributed by atoms with Gasteiger partial charge in [0.2, 0.25) is 0 Å².